The second-order valence-corrected chi connectivity index (χ2v) is 8.12. The van der Waals surface area contributed by atoms with Gasteiger partial charge in [-0.3, -0.25) is 9.69 Å². The molecule has 0 aromatic carbocycles. The number of anilines is 1. The van der Waals surface area contributed by atoms with E-state index in [-0.39, 0.29) is 5.91 Å². The number of nitrogens with zero attached hydrogens (tertiary/aromatic N) is 3. The Hall–Kier alpha value is -2.31. The molecule has 2 aliphatic rings. The zero-order valence-corrected chi connectivity index (χ0v) is 15.3. The number of fused-ring (bicyclic) bond motifs is 1. The Labute approximate surface area is 148 Å². The summed E-state index contributed by atoms with van der Waals surface area (Å²) in [6, 6.07) is 1.75. The van der Waals surface area contributed by atoms with E-state index >= 15 is 0 Å². The van der Waals surface area contributed by atoms with Gasteiger partial charge < -0.3 is 15.3 Å². The second-order valence-electron chi connectivity index (χ2n) is 8.12. The van der Waals surface area contributed by atoms with E-state index in [2.05, 4.69) is 15.2 Å². The zero-order valence-electron chi connectivity index (χ0n) is 15.3. The number of aromatic nitrogens is 1. The molecular weight excluding hydrogens is 320 g/mol. The molecule has 25 heavy (non-hydrogen) atoms. The molecule has 136 valence electrons. The summed E-state index contributed by atoms with van der Waals surface area (Å²) in [4.78, 5) is 31.9. The molecule has 0 bridgehead atoms. The fourth-order valence-electron chi connectivity index (χ4n) is 4.16. The average molecular weight is 346 g/mol. The highest BCUT2D eigenvalue weighted by Gasteiger charge is 2.44. The van der Waals surface area contributed by atoms with Crippen LogP contribution in [-0.4, -0.2) is 51.2 Å². The van der Waals surface area contributed by atoms with Crippen molar-refractivity contribution in [3.05, 3.63) is 23.4 Å². The van der Waals surface area contributed by atoms with Crippen LogP contribution >= 0.6 is 0 Å². The van der Waals surface area contributed by atoms with Gasteiger partial charge in [0.1, 0.15) is 5.82 Å². The van der Waals surface area contributed by atoms with Crippen LogP contribution in [0.5, 0.6) is 0 Å². The van der Waals surface area contributed by atoms with E-state index in [9.17, 15) is 14.7 Å². The summed E-state index contributed by atoms with van der Waals surface area (Å²) >= 11 is 0. The van der Waals surface area contributed by atoms with Gasteiger partial charge in [-0.1, -0.05) is 0 Å². The minimum absolute atomic E-state index is 0.0507. The second kappa shape index (κ2) is 5.89. The molecule has 1 aromatic rings. The van der Waals surface area contributed by atoms with Crippen molar-refractivity contribution in [1.82, 2.24) is 15.2 Å². The number of carbonyl (C=O) groups is 2. The lowest BCUT2D eigenvalue weighted by Gasteiger charge is -2.51. The monoisotopic (exact) mass is 346 g/mol. The van der Waals surface area contributed by atoms with Crippen LogP contribution in [0, 0.1) is 0 Å². The van der Waals surface area contributed by atoms with Gasteiger partial charge >= 0.3 is 6.09 Å². The van der Waals surface area contributed by atoms with Crippen LogP contribution in [0.1, 0.15) is 56.5 Å². The summed E-state index contributed by atoms with van der Waals surface area (Å²) in [7, 11) is 0. The molecule has 2 aliphatic heterocycles. The van der Waals surface area contributed by atoms with E-state index < -0.39 is 17.2 Å². The van der Waals surface area contributed by atoms with Gasteiger partial charge in [-0.05, 0) is 46.6 Å². The minimum atomic E-state index is -0.878. The first kappa shape index (κ1) is 17.5. The van der Waals surface area contributed by atoms with Crippen molar-refractivity contribution in [1.29, 1.82) is 0 Å². The predicted molar refractivity (Wildman–Crippen MR) is 94.9 cm³/mol. The fourth-order valence-corrected chi connectivity index (χ4v) is 4.16. The first-order valence-corrected chi connectivity index (χ1v) is 8.68. The van der Waals surface area contributed by atoms with Crippen LogP contribution in [0.2, 0.25) is 0 Å². The quantitative estimate of drug-likeness (QED) is 0.859. The topological polar surface area (TPSA) is 85.8 Å². The summed E-state index contributed by atoms with van der Waals surface area (Å²) in [5, 5.41) is 12.6. The molecule has 7 nitrogen and oxygen atoms in total. The van der Waals surface area contributed by atoms with Crippen molar-refractivity contribution in [3.8, 4) is 0 Å². The van der Waals surface area contributed by atoms with Crippen LogP contribution in [0.4, 0.5) is 10.6 Å². The molecular formula is C18H26N4O3. The van der Waals surface area contributed by atoms with Gasteiger partial charge in [0.05, 0.1) is 0 Å². The van der Waals surface area contributed by atoms with E-state index in [0.717, 1.165) is 24.2 Å². The van der Waals surface area contributed by atoms with Crippen LogP contribution in [0.15, 0.2) is 12.3 Å². The van der Waals surface area contributed by atoms with Crippen molar-refractivity contribution < 1.29 is 14.7 Å². The normalized spacial score (nSPS) is 19.4. The molecule has 0 radical (unpaired) electrons. The van der Waals surface area contributed by atoms with Crippen molar-refractivity contribution in [2.75, 3.05) is 18.0 Å². The van der Waals surface area contributed by atoms with Crippen molar-refractivity contribution >= 4 is 17.8 Å². The highest BCUT2D eigenvalue weighted by Crippen LogP contribution is 2.36. The van der Waals surface area contributed by atoms with E-state index in [0.29, 0.717) is 25.2 Å². The highest BCUT2D eigenvalue weighted by atomic mass is 16.4. The standard InChI is InChI=1S/C18H26N4O3/c1-17(2,3)22(16(24)25)18(4)6-9-21(10-7-18)14-13-11-20-15(23)12(13)5-8-19-14/h5,8H,6-7,9-11H2,1-4H3,(H,20,23)(H,24,25). The molecule has 2 N–H and O–H groups in total. The SMILES string of the molecule is CC(C)(C)N(C(=O)O)C1(C)CCN(c2nccc3c2CNC3=O)CC1. The van der Waals surface area contributed by atoms with Gasteiger partial charge in [0.25, 0.3) is 5.91 Å². The van der Waals surface area contributed by atoms with Gasteiger partial charge in [-0.25, -0.2) is 9.78 Å². The third-order valence-electron chi connectivity index (χ3n) is 5.25. The van der Waals surface area contributed by atoms with Gasteiger partial charge in [0, 0.05) is 48.0 Å². The average Bonchev–Trinajstić information content (AvgIpc) is 2.88. The summed E-state index contributed by atoms with van der Waals surface area (Å²) in [6.45, 7) is 9.76. The Balaban J connectivity index is 1.81. The molecule has 2 amide bonds. The number of hydrogen-bond acceptors (Lipinski definition) is 4. The van der Waals surface area contributed by atoms with Crippen LogP contribution < -0.4 is 10.2 Å². The Morgan fingerprint density at radius 3 is 2.56 bits per heavy atom. The molecule has 7 heteroatoms. The Bertz CT molecular complexity index is 703. The minimum Gasteiger partial charge on any atom is -0.465 e. The van der Waals surface area contributed by atoms with E-state index in [1.807, 2.05) is 27.7 Å². The third kappa shape index (κ3) is 3.03. The maximum Gasteiger partial charge on any atom is 0.408 e. The van der Waals surface area contributed by atoms with Crippen LogP contribution in [0.3, 0.4) is 0 Å². The lowest BCUT2D eigenvalue weighted by atomic mass is 9.84. The summed E-state index contributed by atoms with van der Waals surface area (Å²) < 4.78 is 0. The highest BCUT2D eigenvalue weighted by molar-refractivity contribution is 5.99. The van der Waals surface area contributed by atoms with Crippen LogP contribution in [0.25, 0.3) is 0 Å². The third-order valence-corrected chi connectivity index (χ3v) is 5.25. The molecule has 0 atom stereocenters. The lowest BCUT2D eigenvalue weighted by molar-refractivity contribution is 0.0117. The molecule has 0 saturated carbocycles. The molecule has 0 spiro atoms. The van der Waals surface area contributed by atoms with Crippen LogP contribution in [-0.2, 0) is 6.54 Å². The summed E-state index contributed by atoms with van der Waals surface area (Å²) in [5.41, 5.74) is 0.778. The number of nitrogens with one attached hydrogen (secondary N) is 1. The van der Waals surface area contributed by atoms with E-state index in [4.69, 9.17) is 0 Å². The maximum atomic E-state index is 11.8. The Kier molecular flexibility index (Phi) is 4.13. The maximum absolute atomic E-state index is 11.8. The van der Waals surface area contributed by atoms with Gasteiger partial charge in [0.2, 0.25) is 0 Å². The molecule has 1 aromatic heterocycles. The lowest BCUT2D eigenvalue weighted by Crippen LogP contribution is -2.61. The number of hydrogen-bond donors (Lipinski definition) is 2. The Morgan fingerprint density at radius 2 is 2.00 bits per heavy atom. The first-order valence-electron chi connectivity index (χ1n) is 8.68. The molecule has 0 aliphatic carbocycles. The van der Waals surface area contributed by atoms with Gasteiger partial charge in [-0.15, -0.1) is 0 Å². The van der Waals surface area contributed by atoms with Gasteiger partial charge in [0.15, 0.2) is 0 Å². The first-order chi connectivity index (χ1) is 11.6. The number of amides is 2. The summed E-state index contributed by atoms with van der Waals surface area (Å²) in [6.07, 6.45) is 2.25. The zero-order chi connectivity index (χ0) is 18.4. The fraction of sp³-hybridized carbons (Fsp3) is 0.611. The number of rotatable bonds is 2. The number of pyridine rings is 1. The largest absolute Gasteiger partial charge is 0.465 e. The van der Waals surface area contributed by atoms with Crippen molar-refractivity contribution in [2.24, 2.45) is 0 Å². The molecule has 3 rings (SSSR count). The van der Waals surface area contributed by atoms with E-state index in [1.165, 1.54) is 0 Å². The summed E-state index contributed by atoms with van der Waals surface area (Å²) in [5.74, 6) is 0.792. The van der Waals surface area contributed by atoms with Crippen molar-refractivity contribution in [2.45, 2.75) is 58.2 Å². The number of carbonyl (C=O) groups excluding carboxylic acids is 1. The van der Waals surface area contributed by atoms with Crippen molar-refractivity contribution in [3.63, 3.8) is 0 Å². The molecule has 1 saturated heterocycles. The molecule has 3 heterocycles. The number of piperidine rings is 1. The predicted octanol–water partition coefficient (Wildman–Crippen LogP) is 2.46. The van der Waals surface area contributed by atoms with E-state index in [1.54, 1.807) is 17.2 Å². The smallest absolute Gasteiger partial charge is 0.408 e. The molecule has 0 unspecified atom stereocenters. The Morgan fingerprint density at radius 1 is 1.36 bits per heavy atom. The van der Waals surface area contributed by atoms with Gasteiger partial charge in [-0.2, -0.15) is 0 Å². The number of carboxylic acid groups (broad SMARTS) is 1. The molecule has 1 fully saturated rings.